The van der Waals surface area contributed by atoms with E-state index in [1.54, 1.807) is 0 Å². The number of hydrogen-bond acceptors (Lipinski definition) is 4. The lowest BCUT2D eigenvalue weighted by atomic mass is 9.49. The number of amides is 2. The summed E-state index contributed by atoms with van der Waals surface area (Å²) in [5, 5.41) is 9.61. The molecule has 0 radical (unpaired) electrons. The second-order valence-corrected chi connectivity index (χ2v) is 10.3. The highest BCUT2D eigenvalue weighted by Crippen LogP contribution is 2.60. The SMILES string of the molecule is CC(C)C(NC(=O)C12CC3CC(CC(C3)C1)C2)C(=O)NCCN1CCNCC1.Cl. The molecule has 4 saturated carbocycles. The molecule has 0 spiro atoms. The minimum atomic E-state index is -0.427. The monoisotopic (exact) mass is 426 g/mol. The smallest absolute Gasteiger partial charge is 0.242 e. The average Bonchev–Trinajstić information content (AvgIpc) is 2.65. The van der Waals surface area contributed by atoms with Gasteiger partial charge < -0.3 is 16.0 Å². The first-order chi connectivity index (χ1) is 13.4. The van der Waals surface area contributed by atoms with Crippen molar-refractivity contribution >= 4 is 24.2 Å². The molecule has 1 heterocycles. The topological polar surface area (TPSA) is 73.5 Å². The lowest BCUT2D eigenvalue weighted by Gasteiger charge is -2.55. The van der Waals surface area contributed by atoms with Crippen LogP contribution in [0.4, 0.5) is 0 Å². The number of carbonyl (C=O) groups is 2. The molecule has 4 bridgehead atoms. The largest absolute Gasteiger partial charge is 0.353 e. The lowest BCUT2D eigenvalue weighted by molar-refractivity contribution is -0.149. The highest BCUT2D eigenvalue weighted by molar-refractivity contribution is 5.90. The van der Waals surface area contributed by atoms with E-state index in [4.69, 9.17) is 0 Å². The molecule has 2 amide bonds. The van der Waals surface area contributed by atoms with Gasteiger partial charge in [-0.3, -0.25) is 14.5 Å². The van der Waals surface area contributed by atoms with Crippen molar-refractivity contribution in [3.63, 3.8) is 0 Å². The van der Waals surface area contributed by atoms with Crippen LogP contribution in [0.2, 0.25) is 0 Å². The summed E-state index contributed by atoms with van der Waals surface area (Å²) in [5.41, 5.74) is -0.191. The molecule has 1 saturated heterocycles. The van der Waals surface area contributed by atoms with Crippen molar-refractivity contribution < 1.29 is 9.59 Å². The standard InChI is InChI=1S/C22H38N4O2.ClH/c1-15(2)19(20(27)24-5-8-26-6-3-23-4-7-26)25-21(28)22-12-16-9-17(13-22)11-18(10-16)14-22;/h15-19,23H,3-14H2,1-2H3,(H,24,27)(H,25,28);1H. The number of carbonyl (C=O) groups excluding carboxylic acids is 2. The highest BCUT2D eigenvalue weighted by Gasteiger charge is 2.55. The molecular weight excluding hydrogens is 388 g/mol. The maximum atomic E-state index is 13.3. The van der Waals surface area contributed by atoms with E-state index in [9.17, 15) is 9.59 Å². The number of nitrogens with one attached hydrogen (secondary N) is 3. The zero-order chi connectivity index (χ0) is 19.7. The second kappa shape index (κ2) is 9.52. The maximum Gasteiger partial charge on any atom is 0.242 e. The summed E-state index contributed by atoms with van der Waals surface area (Å²) in [4.78, 5) is 28.5. The Morgan fingerprint density at radius 2 is 1.59 bits per heavy atom. The first-order valence-corrected chi connectivity index (χ1v) is 11.5. The second-order valence-electron chi connectivity index (χ2n) is 10.3. The van der Waals surface area contributed by atoms with Crippen molar-refractivity contribution in [2.24, 2.45) is 29.1 Å². The molecular formula is C22H39ClN4O2. The zero-order valence-corrected chi connectivity index (χ0v) is 18.9. The maximum absolute atomic E-state index is 13.3. The Hall–Kier alpha value is -0.850. The van der Waals surface area contributed by atoms with Gasteiger partial charge in [0, 0.05) is 44.7 Å². The van der Waals surface area contributed by atoms with E-state index in [1.165, 1.54) is 19.3 Å². The molecule has 5 aliphatic rings. The highest BCUT2D eigenvalue weighted by atomic mass is 35.5. The molecule has 1 atom stereocenters. The van der Waals surface area contributed by atoms with E-state index >= 15 is 0 Å². The fourth-order valence-corrected chi connectivity index (χ4v) is 6.60. The number of nitrogens with zero attached hydrogens (tertiary/aromatic N) is 1. The molecule has 7 heteroatoms. The van der Waals surface area contributed by atoms with Crippen molar-refractivity contribution in [2.75, 3.05) is 39.3 Å². The summed E-state index contributed by atoms with van der Waals surface area (Å²) in [6.45, 7) is 9.68. The first kappa shape index (κ1) is 22.8. The number of halogens is 1. The molecule has 6 nitrogen and oxygen atoms in total. The Kier molecular flexibility index (Phi) is 7.50. The van der Waals surface area contributed by atoms with Gasteiger partial charge in [0.25, 0.3) is 0 Å². The molecule has 1 unspecified atom stereocenters. The van der Waals surface area contributed by atoms with Gasteiger partial charge >= 0.3 is 0 Å². The van der Waals surface area contributed by atoms with Crippen LogP contribution in [0.15, 0.2) is 0 Å². The van der Waals surface area contributed by atoms with Crippen molar-refractivity contribution in [1.29, 1.82) is 0 Å². The summed E-state index contributed by atoms with van der Waals surface area (Å²) in [6.07, 6.45) is 7.10. The first-order valence-electron chi connectivity index (χ1n) is 11.5. The van der Waals surface area contributed by atoms with Crippen LogP contribution >= 0.6 is 12.4 Å². The third-order valence-corrected chi connectivity index (χ3v) is 7.69. The average molecular weight is 427 g/mol. The number of hydrogen-bond donors (Lipinski definition) is 3. The molecule has 5 rings (SSSR count). The van der Waals surface area contributed by atoms with Crippen LogP contribution in [0.25, 0.3) is 0 Å². The number of rotatable bonds is 7. The van der Waals surface area contributed by atoms with Crippen molar-refractivity contribution in [3.8, 4) is 0 Å². The van der Waals surface area contributed by atoms with Crippen molar-refractivity contribution in [2.45, 2.75) is 58.4 Å². The molecule has 1 aliphatic heterocycles. The molecule has 166 valence electrons. The Morgan fingerprint density at radius 3 is 2.10 bits per heavy atom. The van der Waals surface area contributed by atoms with Gasteiger partial charge in [0.1, 0.15) is 6.04 Å². The molecule has 0 aromatic heterocycles. The molecule has 4 aliphatic carbocycles. The van der Waals surface area contributed by atoms with E-state index in [1.807, 2.05) is 13.8 Å². The molecule has 0 aromatic rings. The van der Waals surface area contributed by atoms with Gasteiger partial charge in [-0.25, -0.2) is 0 Å². The summed E-state index contributed by atoms with van der Waals surface area (Å²) in [7, 11) is 0. The summed E-state index contributed by atoms with van der Waals surface area (Å²) < 4.78 is 0. The van der Waals surface area contributed by atoms with Gasteiger partial charge in [0.15, 0.2) is 0 Å². The van der Waals surface area contributed by atoms with Gasteiger partial charge in [0.2, 0.25) is 11.8 Å². The van der Waals surface area contributed by atoms with Gasteiger partial charge in [-0.05, 0) is 62.2 Å². The summed E-state index contributed by atoms with van der Waals surface area (Å²) >= 11 is 0. The molecule has 0 aromatic carbocycles. The Morgan fingerprint density at radius 1 is 1.03 bits per heavy atom. The van der Waals surface area contributed by atoms with Gasteiger partial charge in [0.05, 0.1) is 0 Å². The normalized spacial score (nSPS) is 34.5. The lowest BCUT2D eigenvalue weighted by Crippen LogP contribution is -2.58. The van der Waals surface area contributed by atoms with Crippen molar-refractivity contribution in [1.82, 2.24) is 20.9 Å². The Balaban J connectivity index is 0.00000240. The molecule has 29 heavy (non-hydrogen) atoms. The molecule has 3 N–H and O–H groups in total. The number of piperazine rings is 1. The van der Waals surface area contributed by atoms with E-state index in [2.05, 4.69) is 20.9 Å². The van der Waals surface area contributed by atoms with Crippen LogP contribution < -0.4 is 16.0 Å². The minimum Gasteiger partial charge on any atom is -0.353 e. The zero-order valence-electron chi connectivity index (χ0n) is 18.0. The van der Waals surface area contributed by atoms with Gasteiger partial charge in [-0.15, -0.1) is 12.4 Å². The quantitative estimate of drug-likeness (QED) is 0.580. The van der Waals surface area contributed by atoms with Crippen LogP contribution in [0.3, 0.4) is 0 Å². The fourth-order valence-electron chi connectivity index (χ4n) is 6.60. The Bertz CT molecular complexity index is 556. The van der Waals surface area contributed by atoms with Gasteiger partial charge in [-0.2, -0.15) is 0 Å². The fraction of sp³-hybridized carbons (Fsp3) is 0.909. The summed E-state index contributed by atoms with van der Waals surface area (Å²) in [6, 6.07) is -0.427. The van der Waals surface area contributed by atoms with Crippen LogP contribution in [0.5, 0.6) is 0 Å². The third-order valence-electron chi connectivity index (χ3n) is 7.69. The predicted molar refractivity (Wildman–Crippen MR) is 117 cm³/mol. The van der Waals surface area contributed by atoms with E-state index < -0.39 is 6.04 Å². The molecule has 5 fully saturated rings. The van der Waals surface area contributed by atoms with Gasteiger partial charge in [-0.1, -0.05) is 13.8 Å². The van der Waals surface area contributed by atoms with Crippen molar-refractivity contribution in [3.05, 3.63) is 0 Å². The predicted octanol–water partition coefficient (Wildman–Crippen LogP) is 1.79. The van der Waals surface area contributed by atoms with Crippen LogP contribution in [0.1, 0.15) is 52.4 Å². The van der Waals surface area contributed by atoms with E-state index in [0.717, 1.165) is 69.7 Å². The third kappa shape index (κ3) is 5.08. The summed E-state index contributed by atoms with van der Waals surface area (Å²) in [5.74, 6) is 2.44. The Labute approximate surface area is 181 Å². The van der Waals surface area contributed by atoms with Crippen LogP contribution in [-0.4, -0.2) is 62.0 Å². The van der Waals surface area contributed by atoms with E-state index in [0.29, 0.717) is 6.54 Å². The van der Waals surface area contributed by atoms with Crippen LogP contribution in [-0.2, 0) is 9.59 Å². The minimum absolute atomic E-state index is 0. The van der Waals surface area contributed by atoms with E-state index in [-0.39, 0.29) is 35.6 Å². The van der Waals surface area contributed by atoms with Crippen LogP contribution in [0, 0.1) is 29.1 Å².